The van der Waals surface area contributed by atoms with Crippen LogP contribution in [-0.2, 0) is 6.54 Å². The van der Waals surface area contributed by atoms with Crippen LogP contribution in [0.15, 0.2) is 42.5 Å². The average Bonchev–Trinajstić information content (AvgIpc) is 2.96. The third kappa shape index (κ3) is 3.75. The summed E-state index contributed by atoms with van der Waals surface area (Å²) in [5.74, 6) is 1.78. The maximum atomic E-state index is 5.47. The summed E-state index contributed by atoms with van der Waals surface area (Å²) in [6.45, 7) is 3.22. The molecule has 0 amide bonds. The van der Waals surface area contributed by atoms with Crippen molar-refractivity contribution in [2.75, 3.05) is 19.5 Å². The van der Waals surface area contributed by atoms with Crippen molar-refractivity contribution in [1.82, 2.24) is 4.57 Å². The largest absolute Gasteiger partial charge is 0.497 e. The van der Waals surface area contributed by atoms with Crippen LogP contribution in [0.1, 0.15) is 24.8 Å². The third-order valence-corrected chi connectivity index (χ3v) is 5.46. The van der Waals surface area contributed by atoms with Crippen LogP contribution < -0.4 is 9.47 Å². The first-order valence-electron chi connectivity index (χ1n) is 9.06. The van der Waals surface area contributed by atoms with Gasteiger partial charge in [-0.1, -0.05) is 22.4 Å². The molecule has 26 heavy (non-hydrogen) atoms. The number of halogens is 1. The molecule has 0 aliphatic heterocycles. The molecule has 0 saturated heterocycles. The maximum Gasteiger partial charge on any atom is 0.120 e. The number of hydrogen-bond donors (Lipinski definition) is 0. The quantitative estimate of drug-likeness (QED) is 0.322. The van der Waals surface area contributed by atoms with Crippen LogP contribution in [-0.4, -0.2) is 24.1 Å². The fourth-order valence-corrected chi connectivity index (χ4v) is 3.92. The Hall–Kier alpha value is -1.94. The highest BCUT2D eigenvalue weighted by molar-refractivity contribution is 9.09. The number of unbranched alkanes of at least 4 members (excludes halogenated alkanes) is 2. The molecular formula is C22H26BrNO2. The summed E-state index contributed by atoms with van der Waals surface area (Å²) in [6, 6.07) is 14.7. The molecule has 2 aromatic carbocycles. The molecule has 0 saturated carbocycles. The molecule has 1 heterocycles. The van der Waals surface area contributed by atoms with Crippen LogP contribution in [0.5, 0.6) is 11.5 Å². The van der Waals surface area contributed by atoms with Gasteiger partial charge >= 0.3 is 0 Å². The number of hydrogen-bond acceptors (Lipinski definition) is 2. The maximum absolute atomic E-state index is 5.47. The molecule has 0 atom stereocenters. The Balaban J connectivity index is 2.10. The Morgan fingerprint density at radius 1 is 0.885 bits per heavy atom. The molecule has 3 rings (SSSR count). The summed E-state index contributed by atoms with van der Waals surface area (Å²) in [6.07, 6.45) is 3.59. The Kier molecular flexibility index (Phi) is 6.25. The fraction of sp³-hybridized carbons (Fsp3) is 0.364. The van der Waals surface area contributed by atoms with Gasteiger partial charge in [0.2, 0.25) is 0 Å². The Morgan fingerprint density at radius 3 is 2.23 bits per heavy atom. The van der Waals surface area contributed by atoms with Crippen LogP contribution in [0.3, 0.4) is 0 Å². The molecule has 0 aliphatic rings. The van der Waals surface area contributed by atoms with Gasteiger partial charge in [-0.2, -0.15) is 0 Å². The van der Waals surface area contributed by atoms with Crippen molar-refractivity contribution >= 4 is 26.8 Å². The molecule has 0 unspecified atom stereocenters. The van der Waals surface area contributed by atoms with Gasteiger partial charge in [0.15, 0.2) is 0 Å². The summed E-state index contributed by atoms with van der Waals surface area (Å²) in [5.41, 5.74) is 5.06. The van der Waals surface area contributed by atoms with Crippen LogP contribution in [0.25, 0.3) is 22.2 Å². The second-order valence-electron chi connectivity index (χ2n) is 6.49. The average molecular weight is 416 g/mol. The third-order valence-electron chi connectivity index (χ3n) is 4.90. The van der Waals surface area contributed by atoms with E-state index >= 15 is 0 Å². The molecule has 0 aliphatic carbocycles. The van der Waals surface area contributed by atoms with Crippen molar-refractivity contribution in [1.29, 1.82) is 0 Å². The molecule has 0 bridgehead atoms. The molecule has 0 spiro atoms. The molecule has 0 fully saturated rings. The van der Waals surface area contributed by atoms with Crippen molar-refractivity contribution in [3.63, 3.8) is 0 Å². The van der Waals surface area contributed by atoms with E-state index in [2.05, 4.69) is 51.7 Å². The first-order valence-corrected chi connectivity index (χ1v) is 10.2. The first kappa shape index (κ1) is 18.8. The van der Waals surface area contributed by atoms with Gasteiger partial charge in [0.1, 0.15) is 11.5 Å². The molecule has 3 aromatic rings. The molecule has 1 aromatic heterocycles. The van der Waals surface area contributed by atoms with Crippen molar-refractivity contribution in [2.24, 2.45) is 0 Å². The van der Waals surface area contributed by atoms with Gasteiger partial charge in [-0.3, -0.25) is 0 Å². The van der Waals surface area contributed by atoms with E-state index in [0.717, 1.165) is 29.8 Å². The minimum absolute atomic E-state index is 0.882. The number of rotatable bonds is 8. The summed E-state index contributed by atoms with van der Waals surface area (Å²) in [7, 11) is 3.43. The van der Waals surface area contributed by atoms with Gasteiger partial charge in [-0.15, -0.1) is 0 Å². The van der Waals surface area contributed by atoms with E-state index in [1.807, 2.05) is 18.2 Å². The van der Waals surface area contributed by atoms with E-state index in [0.29, 0.717) is 0 Å². The summed E-state index contributed by atoms with van der Waals surface area (Å²) in [4.78, 5) is 0. The van der Waals surface area contributed by atoms with Gasteiger partial charge in [-0.25, -0.2) is 0 Å². The second-order valence-corrected chi connectivity index (χ2v) is 7.28. The number of aromatic nitrogens is 1. The van der Waals surface area contributed by atoms with Crippen LogP contribution >= 0.6 is 15.9 Å². The SMILES string of the molecule is COc1ccc(-c2c(C)c3ccc(OC)cc3n2CCCCCBr)cc1. The summed E-state index contributed by atoms with van der Waals surface area (Å²) in [5, 5.41) is 2.36. The Morgan fingerprint density at radius 2 is 1.58 bits per heavy atom. The van der Waals surface area contributed by atoms with Crippen molar-refractivity contribution < 1.29 is 9.47 Å². The Labute approximate surface area is 164 Å². The zero-order valence-corrected chi connectivity index (χ0v) is 17.3. The van der Waals surface area contributed by atoms with Gasteiger partial charge in [0.05, 0.1) is 25.4 Å². The van der Waals surface area contributed by atoms with Crippen LogP contribution in [0.4, 0.5) is 0 Å². The number of nitrogens with zero attached hydrogens (tertiary/aromatic N) is 1. The minimum atomic E-state index is 0.882. The molecule has 0 radical (unpaired) electrons. The highest BCUT2D eigenvalue weighted by Crippen LogP contribution is 2.36. The van der Waals surface area contributed by atoms with Crippen molar-refractivity contribution in [2.45, 2.75) is 32.7 Å². The lowest BCUT2D eigenvalue weighted by atomic mass is 10.1. The molecule has 4 heteroatoms. The lowest BCUT2D eigenvalue weighted by Gasteiger charge is -2.13. The zero-order valence-electron chi connectivity index (χ0n) is 15.7. The minimum Gasteiger partial charge on any atom is -0.497 e. The Bertz CT molecular complexity index is 868. The summed E-state index contributed by atoms with van der Waals surface area (Å²) < 4.78 is 13.2. The number of fused-ring (bicyclic) bond motifs is 1. The number of benzene rings is 2. The highest BCUT2D eigenvalue weighted by atomic mass is 79.9. The zero-order chi connectivity index (χ0) is 18.5. The van der Waals surface area contributed by atoms with Crippen LogP contribution in [0, 0.1) is 6.92 Å². The van der Waals surface area contributed by atoms with E-state index in [-0.39, 0.29) is 0 Å². The lowest BCUT2D eigenvalue weighted by molar-refractivity contribution is 0.415. The van der Waals surface area contributed by atoms with Crippen LogP contribution in [0.2, 0.25) is 0 Å². The van der Waals surface area contributed by atoms with Gasteiger partial charge in [0.25, 0.3) is 0 Å². The number of aryl methyl sites for hydroxylation is 2. The number of alkyl halides is 1. The normalized spacial score (nSPS) is 11.1. The number of methoxy groups -OCH3 is 2. The number of ether oxygens (including phenoxy) is 2. The smallest absolute Gasteiger partial charge is 0.120 e. The van der Waals surface area contributed by atoms with E-state index < -0.39 is 0 Å². The van der Waals surface area contributed by atoms with E-state index in [1.165, 1.54) is 40.6 Å². The van der Waals surface area contributed by atoms with Gasteiger partial charge in [-0.05, 0) is 67.3 Å². The highest BCUT2D eigenvalue weighted by Gasteiger charge is 2.16. The van der Waals surface area contributed by atoms with Crippen molar-refractivity contribution in [3.8, 4) is 22.8 Å². The molecule has 138 valence electrons. The molecular weight excluding hydrogens is 390 g/mol. The summed E-state index contributed by atoms with van der Waals surface area (Å²) >= 11 is 3.53. The van der Waals surface area contributed by atoms with E-state index in [9.17, 15) is 0 Å². The second kappa shape index (κ2) is 8.63. The molecule has 3 nitrogen and oxygen atoms in total. The van der Waals surface area contributed by atoms with Gasteiger partial charge < -0.3 is 14.0 Å². The monoisotopic (exact) mass is 415 g/mol. The predicted molar refractivity (Wildman–Crippen MR) is 113 cm³/mol. The fourth-order valence-electron chi connectivity index (χ4n) is 3.52. The topological polar surface area (TPSA) is 23.4 Å². The van der Waals surface area contributed by atoms with E-state index in [4.69, 9.17) is 9.47 Å². The van der Waals surface area contributed by atoms with Crippen molar-refractivity contribution in [3.05, 3.63) is 48.0 Å². The lowest BCUT2D eigenvalue weighted by Crippen LogP contribution is -2.01. The first-order chi connectivity index (χ1) is 12.7. The molecule has 0 N–H and O–H groups in total. The van der Waals surface area contributed by atoms with E-state index in [1.54, 1.807) is 14.2 Å². The standard InChI is InChI=1S/C22H26BrNO2/c1-16-20-12-11-19(26-3)15-21(20)24(14-6-4-5-13-23)22(16)17-7-9-18(25-2)10-8-17/h7-12,15H,4-6,13-14H2,1-3H3. The predicted octanol–water partition coefficient (Wildman–Crippen LogP) is 6.20. The van der Waals surface area contributed by atoms with Gasteiger partial charge in [0, 0.05) is 23.3 Å².